The van der Waals surface area contributed by atoms with Crippen molar-refractivity contribution in [3.8, 4) is 5.75 Å². The Morgan fingerprint density at radius 1 is 1.47 bits per heavy atom. The number of hydrogen-bond acceptors (Lipinski definition) is 3. The minimum atomic E-state index is 0.140. The molecule has 19 heavy (non-hydrogen) atoms. The monoisotopic (exact) mass is 259 g/mol. The van der Waals surface area contributed by atoms with Crippen molar-refractivity contribution < 1.29 is 4.74 Å². The summed E-state index contributed by atoms with van der Waals surface area (Å²) in [4.78, 5) is 4.51. The Morgan fingerprint density at radius 2 is 2.26 bits per heavy atom. The van der Waals surface area contributed by atoms with Crippen molar-refractivity contribution in [1.29, 1.82) is 0 Å². The number of anilines is 1. The average molecular weight is 259 g/mol. The third kappa shape index (κ3) is 2.05. The number of fused-ring (bicyclic) bond motifs is 1. The summed E-state index contributed by atoms with van der Waals surface area (Å²) < 4.78 is 7.99. The zero-order chi connectivity index (χ0) is 13.6. The van der Waals surface area contributed by atoms with Crippen LogP contribution in [0.5, 0.6) is 5.75 Å². The number of hydrogen-bond donors (Lipinski definition) is 1. The van der Waals surface area contributed by atoms with Gasteiger partial charge in [-0.1, -0.05) is 19.4 Å². The molecule has 0 radical (unpaired) electrons. The number of nitrogens with two attached hydrogens (primary N) is 1. The molecule has 2 aromatic rings. The summed E-state index contributed by atoms with van der Waals surface area (Å²) in [5.41, 5.74) is 8.09. The number of benzene rings is 1. The van der Waals surface area contributed by atoms with Crippen molar-refractivity contribution >= 4 is 17.0 Å². The second-order valence-electron chi connectivity index (χ2n) is 5.60. The van der Waals surface area contributed by atoms with Gasteiger partial charge in [-0.25, -0.2) is 4.98 Å². The van der Waals surface area contributed by atoms with E-state index in [2.05, 4.69) is 22.5 Å². The molecule has 1 aliphatic carbocycles. The van der Waals surface area contributed by atoms with Crippen LogP contribution in [-0.2, 0) is 0 Å². The van der Waals surface area contributed by atoms with Crippen LogP contribution in [0.2, 0.25) is 0 Å². The Hall–Kier alpha value is -1.71. The van der Waals surface area contributed by atoms with Crippen LogP contribution in [0.4, 0.5) is 5.95 Å². The van der Waals surface area contributed by atoms with Crippen molar-refractivity contribution in [2.24, 2.45) is 5.92 Å². The van der Waals surface area contributed by atoms with Gasteiger partial charge in [0.1, 0.15) is 11.3 Å². The van der Waals surface area contributed by atoms with Gasteiger partial charge < -0.3 is 15.0 Å². The number of nitrogen functional groups attached to an aromatic ring is 1. The maximum Gasteiger partial charge on any atom is 0.201 e. The molecule has 1 aliphatic rings. The van der Waals surface area contributed by atoms with E-state index in [1.54, 1.807) is 0 Å². The molecule has 4 heteroatoms. The summed E-state index contributed by atoms with van der Waals surface area (Å²) in [5.74, 6) is 2.18. The van der Waals surface area contributed by atoms with E-state index in [0.717, 1.165) is 22.7 Å². The molecule has 4 nitrogen and oxygen atoms in total. The molecule has 0 saturated heterocycles. The molecular weight excluding hydrogens is 238 g/mol. The molecule has 102 valence electrons. The van der Waals surface area contributed by atoms with E-state index in [1.165, 1.54) is 12.8 Å². The Morgan fingerprint density at radius 3 is 2.89 bits per heavy atom. The highest BCUT2D eigenvalue weighted by Gasteiger charge is 2.39. The number of aromatic nitrogens is 2. The van der Waals surface area contributed by atoms with Gasteiger partial charge in [0.25, 0.3) is 0 Å². The predicted octanol–water partition coefficient (Wildman–Crippen LogP) is 3.38. The van der Waals surface area contributed by atoms with Gasteiger partial charge in [0.15, 0.2) is 0 Å². The number of nitrogens with zero attached hydrogens (tertiary/aromatic N) is 2. The number of ether oxygens (including phenoxy) is 1. The van der Waals surface area contributed by atoms with Gasteiger partial charge in [0.2, 0.25) is 5.95 Å². The first-order valence-corrected chi connectivity index (χ1v) is 7.05. The first kappa shape index (κ1) is 12.3. The molecule has 3 rings (SSSR count). The van der Waals surface area contributed by atoms with Crippen molar-refractivity contribution in [1.82, 2.24) is 9.55 Å². The van der Waals surface area contributed by atoms with E-state index in [-0.39, 0.29) is 6.10 Å². The summed E-state index contributed by atoms with van der Waals surface area (Å²) in [7, 11) is 0. The van der Waals surface area contributed by atoms with Gasteiger partial charge in [0, 0.05) is 6.04 Å². The average Bonchev–Trinajstić information content (AvgIpc) is 3.04. The summed E-state index contributed by atoms with van der Waals surface area (Å²) in [6.45, 7) is 6.27. The third-order valence-electron chi connectivity index (χ3n) is 3.81. The normalized spacial score (nSPS) is 22.1. The summed E-state index contributed by atoms with van der Waals surface area (Å²) in [6.07, 6.45) is 2.55. The van der Waals surface area contributed by atoms with Crippen molar-refractivity contribution in [3.63, 3.8) is 0 Å². The molecule has 1 fully saturated rings. The predicted molar refractivity (Wildman–Crippen MR) is 77.3 cm³/mol. The molecule has 2 atom stereocenters. The molecule has 2 N–H and O–H groups in total. The SMILES string of the molecule is CCC1CC1n1c(N)nc2c(OC(C)C)cccc21. The molecule has 1 aromatic heterocycles. The van der Waals surface area contributed by atoms with E-state index in [9.17, 15) is 0 Å². The summed E-state index contributed by atoms with van der Waals surface area (Å²) in [5, 5.41) is 0. The van der Waals surface area contributed by atoms with Crippen LogP contribution < -0.4 is 10.5 Å². The molecule has 0 amide bonds. The van der Waals surface area contributed by atoms with Crippen LogP contribution in [0.3, 0.4) is 0 Å². The lowest BCUT2D eigenvalue weighted by molar-refractivity contribution is 0.245. The highest BCUT2D eigenvalue weighted by molar-refractivity contribution is 5.84. The zero-order valence-electron chi connectivity index (χ0n) is 11.8. The van der Waals surface area contributed by atoms with Crippen LogP contribution >= 0.6 is 0 Å². The zero-order valence-corrected chi connectivity index (χ0v) is 11.8. The Labute approximate surface area is 113 Å². The van der Waals surface area contributed by atoms with E-state index < -0.39 is 0 Å². The van der Waals surface area contributed by atoms with Crippen LogP contribution in [0, 0.1) is 5.92 Å². The van der Waals surface area contributed by atoms with E-state index in [4.69, 9.17) is 10.5 Å². The van der Waals surface area contributed by atoms with Crippen molar-refractivity contribution in [2.45, 2.75) is 45.8 Å². The van der Waals surface area contributed by atoms with Crippen LogP contribution in [0.25, 0.3) is 11.0 Å². The largest absolute Gasteiger partial charge is 0.489 e. The minimum absolute atomic E-state index is 0.140. The molecule has 0 bridgehead atoms. The van der Waals surface area contributed by atoms with Crippen molar-refractivity contribution in [3.05, 3.63) is 18.2 Å². The topological polar surface area (TPSA) is 53.1 Å². The summed E-state index contributed by atoms with van der Waals surface area (Å²) in [6, 6.07) is 6.57. The second-order valence-corrected chi connectivity index (χ2v) is 5.60. The molecule has 0 spiro atoms. The first-order valence-electron chi connectivity index (χ1n) is 7.05. The van der Waals surface area contributed by atoms with E-state index >= 15 is 0 Å². The fraction of sp³-hybridized carbons (Fsp3) is 0.533. The number of rotatable bonds is 4. The maximum absolute atomic E-state index is 6.11. The first-order chi connectivity index (χ1) is 9.11. The van der Waals surface area contributed by atoms with Gasteiger partial charge in [-0.3, -0.25) is 0 Å². The minimum Gasteiger partial charge on any atom is -0.489 e. The van der Waals surface area contributed by atoms with Gasteiger partial charge >= 0.3 is 0 Å². The van der Waals surface area contributed by atoms with Gasteiger partial charge in [-0.15, -0.1) is 0 Å². The van der Waals surface area contributed by atoms with Gasteiger partial charge in [-0.2, -0.15) is 0 Å². The molecule has 2 unspecified atom stereocenters. The molecular formula is C15H21N3O. The fourth-order valence-electron chi connectivity index (χ4n) is 2.79. The third-order valence-corrected chi connectivity index (χ3v) is 3.81. The van der Waals surface area contributed by atoms with Gasteiger partial charge in [-0.05, 0) is 38.3 Å². The Balaban J connectivity index is 2.07. The maximum atomic E-state index is 6.11. The highest BCUT2D eigenvalue weighted by Crippen LogP contribution is 2.48. The highest BCUT2D eigenvalue weighted by atomic mass is 16.5. The quantitative estimate of drug-likeness (QED) is 0.915. The number of para-hydroxylation sites is 1. The Bertz CT molecular complexity index is 603. The molecule has 1 aromatic carbocycles. The second kappa shape index (κ2) is 4.44. The lowest BCUT2D eigenvalue weighted by atomic mass is 10.2. The fourth-order valence-corrected chi connectivity index (χ4v) is 2.79. The molecule has 0 aliphatic heterocycles. The van der Waals surface area contributed by atoms with Crippen LogP contribution in [-0.4, -0.2) is 15.7 Å². The standard InChI is InChI=1S/C15H21N3O/c1-4-10-8-12(10)18-11-6-5-7-13(19-9(2)3)14(11)17-15(18)16/h5-7,9-10,12H,4,8H2,1-3H3,(H2,16,17). The van der Waals surface area contributed by atoms with Crippen LogP contribution in [0.15, 0.2) is 18.2 Å². The van der Waals surface area contributed by atoms with Crippen LogP contribution in [0.1, 0.15) is 39.7 Å². The molecule has 1 saturated carbocycles. The molecule has 1 heterocycles. The van der Waals surface area contributed by atoms with E-state index in [0.29, 0.717) is 12.0 Å². The smallest absolute Gasteiger partial charge is 0.201 e. The lowest BCUT2D eigenvalue weighted by Gasteiger charge is -2.10. The lowest BCUT2D eigenvalue weighted by Crippen LogP contribution is -2.05. The van der Waals surface area contributed by atoms with Crippen molar-refractivity contribution in [2.75, 3.05) is 5.73 Å². The Kier molecular flexibility index (Phi) is 2.88. The van der Waals surface area contributed by atoms with Gasteiger partial charge in [0.05, 0.1) is 11.6 Å². The number of imidazole rings is 1. The summed E-state index contributed by atoms with van der Waals surface area (Å²) >= 11 is 0. The van der Waals surface area contributed by atoms with E-state index in [1.807, 2.05) is 26.0 Å².